The summed E-state index contributed by atoms with van der Waals surface area (Å²) in [7, 11) is 0. The molecule has 0 aliphatic carbocycles. The predicted octanol–water partition coefficient (Wildman–Crippen LogP) is 3.61. The minimum Gasteiger partial charge on any atom is -0.379 e. The van der Waals surface area contributed by atoms with Crippen LogP contribution in [0.4, 0.5) is 0 Å². The van der Waals surface area contributed by atoms with Crippen LogP contribution in [0.25, 0.3) is 4.25 Å². The van der Waals surface area contributed by atoms with Crippen molar-refractivity contribution in [1.29, 1.82) is 0 Å². The molecule has 28 heavy (non-hydrogen) atoms. The van der Waals surface area contributed by atoms with Crippen LogP contribution in [0.2, 0.25) is 0 Å². The standard InChI is InChI=1S/C20H28ClN4O2S/c1-3-17(7-5-8-21)15-18-19(28-23-4-2)20(26)25(16-22-18)10-6-9-24-11-13-27-14-12-24/h3,5,7,16H,6,8-15H2,1-2H3/q+1/b7-5-,17-3+. The van der Waals surface area contributed by atoms with Gasteiger partial charge in [-0.25, -0.2) is 4.98 Å². The molecule has 6 nitrogen and oxygen atoms in total. The Labute approximate surface area is 176 Å². The third-order valence-electron chi connectivity index (χ3n) is 4.44. The Morgan fingerprint density at radius 3 is 2.89 bits per heavy atom. The van der Waals surface area contributed by atoms with Crippen molar-refractivity contribution in [3.05, 3.63) is 50.4 Å². The maximum atomic E-state index is 13.0. The molecule has 152 valence electrons. The number of ether oxygens (including phenoxy) is 1. The third-order valence-corrected chi connectivity index (χ3v) is 5.48. The van der Waals surface area contributed by atoms with Gasteiger partial charge in [0.1, 0.15) is 0 Å². The molecule has 0 N–H and O–H groups in total. The molecular weight excluding hydrogens is 396 g/mol. The van der Waals surface area contributed by atoms with Gasteiger partial charge >= 0.3 is 11.9 Å². The lowest BCUT2D eigenvalue weighted by molar-refractivity contribution is 0.0369. The minimum absolute atomic E-state index is 0.0484. The Hall–Kier alpha value is -1.59. The van der Waals surface area contributed by atoms with Crippen LogP contribution >= 0.6 is 23.5 Å². The largest absolute Gasteiger partial charge is 0.379 e. The van der Waals surface area contributed by atoms with Crippen LogP contribution in [0.1, 0.15) is 26.0 Å². The zero-order valence-electron chi connectivity index (χ0n) is 16.6. The Morgan fingerprint density at radius 1 is 1.43 bits per heavy atom. The molecule has 0 saturated carbocycles. The summed E-state index contributed by atoms with van der Waals surface area (Å²) in [5, 5.41) is 0. The number of aromatic nitrogens is 2. The van der Waals surface area contributed by atoms with Gasteiger partial charge in [-0.15, -0.1) is 11.6 Å². The summed E-state index contributed by atoms with van der Waals surface area (Å²) in [6.45, 7) is 8.75. The van der Waals surface area contributed by atoms with Crippen molar-refractivity contribution in [2.75, 3.05) is 38.7 Å². The van der Waals surface area contributed by atoms with E-state index in [0.717, 1.165) is 62.5 Å². The van der Waals surface area contributed by atoms with Crippen LogP contribution in [-0.2, 0) is 17.7 Å². The number of halogens is 1. The summed E-state index contributed by atoms with van der Waals surface area (Å²) in [5.74, 6) is 0.451. The highest BCUT2D eigenvalue weighted by molar-refractivity contribution is 8.01. The second-order valence-corrected chi connectivity index (χ2v) is 7.41. The zero-order chi connectivity index (χ0) is 20.2. The number of aryl methyl sites for hydroxylation is 1. The lowest BCUT2D eigenvalue weighted by atomic mass is 10.1. The normalized spacial score (nSPS) is 15.6. The molecule has 2 heterocycles. The van der Waals surface area contributed by atoms with Crippen molar-refractivity contribution in [3.63, 3.8) is 0 Å². The molecule has 0 aromatic carbocycles. The lowest BCUT2D eigenvalue weighted by Gasteiger charge is -2.26. The number of allylic oxidation sites excluding steroid dienone is 4. The van der Waals surface area contributed by atoms with Gasteiger partial charge in [0.2, 0.25) is 0 Å². The van der Waals surface area contributed by atoms with Crippen molar-refractivity contribution in [2.24, 2.45) is 0 Å². The van der Waals surface area contributed by atoms with Crippen molar-refractivity contribution < 1.29 is 4.74 Å². The fraction of sp³-hybridized carbons (Fsp3) is 0.550. The number of nitrogens with zero attached hydrogens (tertiary/aromatic N) is 4. The molecule has 1 aliphatic heterocycles. The van der Waals surface area contributed by atoms with Crippen molar-refractivity contribution in [3.8, 4) is 6.07 Å². The van der Waals surface area contributed by atoms with E-state index in [9.17, 15) is 4.79 Å². The highest BCUT2D eigenvalue weighted by Crippen LogP contribution is 2.21. The molecule has 0 spiro atoms. The van der Waals surface area contributed by atoms with E-state index in [4.69, 9.17) is 16.3 Å². The number of alkyl halides is 1. The Bertz CT molecular complexity index is 805. The van der Waals surface area contributed by atoms with E-state index >= 15 is 0 Å². The van der Waals surface area contributed by atoms with Gasteiger partial charge in [0.25, 0.3) is 11.6 Å². The first kappa shape index (κ1) is 22.7. The Morgan fingerprint density at radius 2 is 2.21 bits per heavy atom. The van der Waals surface area contributed by atoms with Crippen LogP contribution in [0.5, 0.6) is 0 Å². The van der Waals surface area contributed by atoms with Gasteiger partial charge in [0, 0.05) is 42.7 Å². The Balaban J connectivity index is 2.13. The van der Waals surface area contributed by atoms with E-state index in [1.807, 2.05) is 25.2 Å². The topological polar surface area (TPSA) is 51.7 Å². The SMILES string of the molecule is CC#[N+]Sc1c(CC(/C=C\CCl)=C/C)ncn(CCCN2CCOCC2)c1=O. The molecule has 0 unspecified atom stereocenters. The van der Waals surface area contributed by atoms with Gasteiger partial charge in [0.15, 0.2) is 4.90 Å². The fourth-order valence-electron chi connectivity index (χ4n) is 2.91. The van der Waals surface area contributed by atoms with E-state index in [0.29, 0.717) is 23.7 Å². The van der Waals surface area contributed by atoms with Gasteiger partial charge in [-0.2, -0.15) is 0 Å². The monoisotopic (exact) mass is 423 g/mol. The summed E-state index contributed by atoms with van der Waals surface area (Å²) < 4.78 is 11.1. The summed E-state index contributed by atoms with van der Waals surface area (Å²) in [4.78, 5) is 20.5. The molecule has 1 fully saturated rings. The average Bonchev–Trinajstić information content (AvgIpc) is 2.73. The molecule has 0 amide bonds. The van der Waals surface area contributed by atoms with E-state index in [1.165, 1.54) is 0 Å². The number of hydrogen-bond acceptors (Lipinski definition) is 5. The molecule has 1 aromatic heterocycles. The Kier molecular flexibility index (Phi) is 10.4. The first-order valence-corrected chi connectivity index (χ1v) is 10.8. The zero-order valence-corrected chi connectivity index (χ0v) is 18.1. The first-order chi connectivity index (χ1) is 13.7. The maximum Gasteiger partial charge on any atom is 0.356 e. The molecule has 0 radical (unpaired) electrons. The smallest absolute Gasteiger partial charge is 0.356 e. The number of hydrogen-bond donors (Lipinski definition) is 0. The lowest BCUT2D eigenvalue weighted by Crippen LogP contribution is -2.37. The minimum atomic E-state index is -0.0484. The predicted molar refractivity (Wildman–Crippen MR) is 116 cm³/mol. The molecule has 1 aromatic rings. The molecule has 0 atom stereocenters. The van der Waals surface area contributed by atoms with Crippen LogP contribution in [-0.4, -0.2) is 53.2 Å². The van der Waals surface area contributed by atoms with Crippen LogP contribution in [0.3, 0.4) is 0 Å². The molecule has 0 bridgehead atoms. The molecule has 2 rings (SSSR count). The fourth-order valence-corrected chi connectivity index (χ4v) is 3.61. The van der Waals surface area contributed by atoms with Gasteiger partial charge in [-0.05, 0) is 18.9 Å². The first-order valence-electron chi connectivity index (χ1n) is 9.49. The van der Waals surface area contributed by atoms with Crippen molar-refractivity contribution >= 4 is 23.5 Å². The summed E-state index contributed by atoms with van der Waals surface area (Å²) in [5.41, 5.74) is 1.74. The van der Waals surface area contributed by atoms with Crippen molar-refractivity contribution in [2.45, 2.75) is 38.1 Å². The van der Waals surface area contributed by atoms with Crippen LogP contribution in [0.15, 0.2) is 39.8 Å². The quantitative estimate of drug-likeness (QED) is 0.345. The van der Waals surface area contributed by atoms with E-state index in [-0.39, 0.29) is 5.56 Å². The van der Waals surface area contributed by atoms with Crippen LogP contribution in [0, 0.1) is 6.07 Å². The summed E-state index contributed by atoms with van der Waals surface area (Å²) >= 11 is 6.87. The maximum absolute atomic E-state index is 13.0. The molecule has 8 heteroatoms. The van der Waals surface area contributed by atoms with Gasteiger partial charge < -0.3 is 4.74 Å². The van der Waals surface area contributed by atoms with Gasteiger partial charge in [-0.3, -0.25) is 14.3 Å². The van der Waals surface area contributed by atoms with E-state index < -0.39 is 0 Å². The van der Waals surface area contributed by atoms with Crippen molar-refractivity contribution in [1.82, 2.24) is 14.5 Å². The number of rotatable bonds is 9. The average molecular weight is 424 g/mol. The van der Waals surface area contributed by atoms with E-state index in [1.54, 1.807) is 17.8 Å². The summed E-state index contributed by atoms with van der Waals surface area (Å²) in [6, 6.07) is 2.73. The van der Waals surface area contributed by atoms with Gasteiger partial charge in [0.05, 0.1) is 32.2 Å². The highest BCUT2D eigenvalue weighted by atomic mass is 35.5. The van der Waals surface area contributed by atoms with Crippen LogP contribution < -0.4 is 5.56 Å². The molecule has 1 aliphatic rings. The second-order valence-electron chi connectivity index (χ2n) is 6.33. The number of morpholine rings is 1. The molecule has 1 saturated heterocycles. The van der Waals surface area contributed by atoms with Gasteiger partial charge in [-0.1, -0.05) is 18.2 Å². The second kappa shape index (κ2) is 12.8. The highest BCUT2D eigenvalue weighted by Gasteiger charge is 2.19. The summed E-state index contributed by atoms with van der Waals surface area (Å²) in [6.07, 6.45) is 8.96. The van der Waals surface area contributed by atoms with E-state index in [2.05, 4.69) is 20.2 Å². The molecular formula is C20H28ClN4O2S+. The third kappa shape index (κ3) is 7.10.